The zero-order valence-electron chi connectivity index (χ0n) is 33.9. The number of aliphatic hydroxyl groups is 1. The third-order valence-corrected chi connectivity index (χ3v) is 11.4. The topological polar surface area (TPSA) is 135 Å². The fourth-order valence-corrected chi connectivity index (χ4v) is 9.60. The van der Waals surface area contributed by atoms with Gasteiger partial charge >= 0.3 is 5.97 Å². The Labute approximate surface area is 332 Å². The van der Waals surface area contributed by atoms with Crippen LogP contribution in [0.2, 0.25) is 0 Å². The van der Waals surface area contributed by atoms with Crippen LogP contribution in [0.3, 0.4) is 0 Å². The minimum atomic E-state index is -1.34. The molecule has 2 N–H and O–H groups in total. The van der Waals surface area contributed by atoms with Crippen LogP contribution in [0.5, 0.6) is 0 Å². The van der Waals surface area contributed by atoms with Crippen LogP contribution in [-0.4, -0.2) is 101 Å². The largest absolute Gasteiger partial charge is 0.455 e. The lowest BCUT2D eigenvalue weighted by Crippen LogP contribution is -2.62. The minimum absolute atomic E-state index is 0.0507. The van der Waals surface area contributed by atoms with Crippen molar-refractivity contribution in [1.82, 2.24) is 15.1 Å². The summed E-state index contributed by atoms with van der Waals surface area (Å²) < 4.78 is 18.7. The van der Waals surface area contributed by atoms with E-state index in [9.17, 15) is 14.7 Å². The monoisotopic (exact) mass is 771 g/mol. The minimum Gasteiger partial charge on any atom is -0.455 e. The molecule has 56 heavy (non-hydrogen) atoms. The van der Waals surface area contributed by atoms with Gasteiger partial charge in [-0.1, -0.05) is 93.6 Å². The molecule has 3 fully saturated rings. The van der Waals surface area contributed by atoms with Crippen molar-refractivity contribution in [3.63, 3.8) is 0 Å². The Hall–Kier alpha value is -4.32. The van der Waals surface area contributed by atoms with Gasteiger partial charge in [0.1, 0.15) is 17.7 Å². The molecule has 0 saturated carbocycles. The van der Waals surface area contributed by atoms with Crippen molar-refractivity contribution in [2.24, 2.45) is 17.3 Å². The molecule has 11 heteroatoms. The number of likely N-dealkylation sites (tertiary alicyclic amines) is 1. The number of amides is 3. The summed E-state index contributed by atoms with van der Waals surface area (Å²) in [6, 6.07) is 16.0. The maximum atomic E-state index is 15.3. The fourth-order valence-electron chi connectivity index (χ4n) is 9.60. The predicted octanol–water partition coefficient (Wildman–Crippen LogP) is 5.58. The molecule has 3 amide bonds. The summed E-state index contributed by atoms with van der Waals surface area (Å²) in [5.74, 6) is -3.70. The molecule has 11 nitrogen and oxygen atoms in total. The fraction of sp³-hybridized carbons (Fsp3) is 0.556. The predicted molar refractivity (Wildman–Crippen MR) is 214 cm³/mol. The summed E-state index contributed by atoms with van der Waals surface area (Å²) in [6.45, 7) is 18.0. The highest BCUT2D eigenvalue weighted by Gasteiger charge is 2.76. The number of allylic oxidation sites excluding steroid dienone is 1. The zero-order valence-corrected chi connectivity index (χ0v) is 33.9. The van der Waals surface area contributed by atoms with Crippen molar-refractivity contribution in [2.75, 3.05) is 26.9 Å². The summed E-state index contributed by atoms with van der Waals surface area (Å²) in [4.78, 5) is 61.5. The number of fused-ring (bicyclic) bond motifs is 1. The SMILES string of the molecule is C=CCCC(=O)N[C@H](COC)[C@H](OC(=O)[C@@H]1[C@H]2C(=O)N([C@@H](CO)Cc3ccccc3)[C@H](C(=O)N(CC=C)C(C)(C)CC(C)(C)C)[C@]23CC[C@H]1O3)c1ccccc1. The molecule has 0 radical (unpaired) electrons. The second-order valence-corrected chi connectivity index (χ2v) is 17.3. The molecule has 0 aromatic heterocycles. The van der Waals surface area contributed by atoms with Crippen LogP contribution in [-0.2, 0) is 39.8 Å². The quantitative estimate of drug-likeness (QED) is 0.140. The molecular weight excluding hydrogens is 711 g/mol. The molecule has 3 saturated heterocycles. The Morgan fingerprint density at radius 1 is 1.05 bits per heavy atom. The Bertz CT molecular complexity index is 1710. The Kier molecular flexibility index (Phi) is 13.7. The molecule has 1 spiro atoms. The highest BCUT2D eigenvalue weighted by molar-refractivity contribution is 5.98. The van der Waals surface area contributed by atoms with Crippen LogP contribution < -0.4 is 5.32 Å². The first-order chi connectivity index (χ1) is 26.6. The third kappa shape index (κ3) is 8.95. The van der Waals surface area contributed by atoms with Gasteiger partial charge in [-0.05, 0) is 62.5 Å². The van der Waals surface area contributed by atoms with Crippen LogP contribution in [0.4, 0.5) is 0 Å². The van der Waals surface area contributed by atoms with Crippen LogP contribution in [0.25, 0.3) is 0 Å². The van der Waals surface area contributed by atoms with Crippen LogP contribution >= 0.6 is 0 Å². The van der Waals surface area contributed by atoms with E-state index in [4.69, 9.17) is 14.2 Å². The molecule has 0 unspecified atom stereocenters. The highest BCUT2D eigenvalue weighted by Crippen LogP contribution is 2.59. The van der Waals surface area contributed by atoms with Crippen molar-refractivity contribution < 1.29 is 38.5 Å². The molecular formula is C45H61N3O8. The molecule has 2 aromatic rings. The first-order valence-corrected chi connectivity index (χ1v) is 19.8. The first kappa shape index (κ1) is 42.8. The van der Waals surface area contributed by atoms with Crippen molar-refractivity contribution in [3.05, 3.63) is 97.1 Å². The molecule has 5 rings (SSSR count). The van der Waals surface area contributed by atoms with E-state index in [-0.39, 0.29) is 36.8 Å². The number of ether oxygens (including phenoxy) is 3. The molecule has 2 bridgehead atoms. The lowest BCUT2D eigenvalue weighted by atomic mass is 9.70. The van der Waals surface area contributed by atoms with E-state index in [1.54, 1.807) is 17.1 Å². The number of rotatable bonds is 19. The second-order valence-electron chi connectivity index (χ2n) is 17.3. The van der Waals surface area contributed by atoms with Crippen LogP contribution in [0, 0.1) is 17.3 Å². The van der Waals surface area contributed by atoms with Gasteiger partial charge in [0.25, 0.3) is 0 Å². The number of nitrogens with zero attached hydrogens (tertiary/aromatic N) is 2. The van der Waals surface area contributed by atoms with Gasteiger partial charge in [0, 0.05) is 25.6 Å². The smallest absolute Gasteiger partial charge is 0.313 e. The van der Waals surface area contributed by atoms with Gasteiger partial charge in [-0.25, -0.2) is 0 Å². The summed E-state index contributed by atoms with van der Waals surface area (Å²) in [5, 5.41) is 14.0. The summed E-state index contributed by atoms with van der Waals surface area (Å²) in [7, 11) is 1.51. The normalized spacial score (nSPS) is 24.6. The van der Waals surface area contributed by atoms with E-state index in [1.807, 2.05) is 74.5 Å². The first-order valence-electron chi connectivity index (χ1n) is 19.8. The number of carbonyl (C=O) groups excluding carboxylic acids is 4. The molecule has 8 atom stereocenters. The number of benzene rings is 2. The number of esters is 1. The molecule has 0 aliphatic carbocycles. The van der Waals surface area contributed by atoms with E-state index in [1.165, 1.54) is 12.0 Å². The van der Waals surface area contributed by atoms with Gasteiger partial charge in [0.05, 0.1) is 43.2 Å². The van der Waals surface area contributed by atoms with Crippen molar-refractivity contribution >= 4 is 23.7 Å². The van der Waals surface area contributed by atoms with E-state index in [0.29, 0.717) is 37.7 Å². The summed E-state index contributed by atoms with van der Waals surface area (Å²) in [5.41, 5.74) is -0.582. The number of methoxy groups -OCH3 is 1. The molecule has 3 heterocycles. The van der Waals surface area contributed by atoms with Gasteiger partial charge in [-0.15, -0.1) is 13.2 Å². The number of carbonyl (C=O) groups is 4. The maximum absolute atomic E-state index is 15.3. The third-order valence-electron chi connectivity index (χ3n) is 11.4. The van der Waals surface area contributed by atoms with E-state index >= 15 is 9.59 Å². The van der Waals surface area contributed by atoms with Gasteiger partial charge in [0.2, 0.25) is 17.7 Å². The average Bonchev–Trinajstić information content (AvgIpc) is 3.80. The highest BCUT2D eigenvalue weighted by atomic mass is 16.6. The Morgan fingerprint density at radius 2 is 1.71 bits per heavy atom. The molecule has 3 aliphatic rings. The Morgan fingerprint density at radius 3 is 2.30 bits per heavy atom. The Balaban J connectivity index is 1.56. The maximum Gasteiger partial charge on any atom is 0.313 e. The molecule has 3 aliphatic heterocycles. The van der Waals surface area contributed by atoms with E-state index in [2.05, 4.69) is 39.2 Å². The zero-order chi connectivity index (χ0) is 40.8. The lowest BCUT2D eigenvalue weighted by Gasteiger charge is -2.46. The van der Waals surface area contributed by atoms with Crippen molar-refractivity contribution in [2.45, 2.75) is 115 Å². The van der Waals surface area contributed by atoms with Crippen molar-refractivity contribution in [3.8, 4) is 0 Å². The van der Waals surface area contributed by atoms with Crippen LogP contribution in [0.1, 0.15) is 84.0 Å². The summed E-state index contributed by atoms with van der Waals surface area (Å²) >= 11 is 0. The van der Waals surface area contributed by atoms with E-state index < -0.39 is 71.8 Å². The van der Waals surface area contributed by atoms with Gasteiger partial charge < -0.3 is 34.4 Å². The average molecular weight is 772 g/mol. The van der Waals surface area contributed by atoms with Crippen molar-refractivity contribution in [1.29, 1.82) is 0 Å². The lowest BCUT2D eigenvalue weighted by molar-refractivity contribution is -0.164. The number of hydrogen-bond acceptors (Lipinski definition) is 8. The number of nitrogens with one attached hydrogen (secondary N) is 1. The van der Waals surface area contributed by atoms with Gasteiger partial charge in [0.15, 0.2) is 0 Å². The van der Waals surface area contributed by atoms with Gasteiger partial charge in [-0.3, -0.25) is 19.2 Å². The molecule has 2 aromatic carbocycles. The standard InChI is InChI=1S/C45H61N3O8/c1-9-11-22-35(50)46-33(28-54-8)38(31-20-16-13-17-21-31)55-42(53)36-34-23-24-45(56-34)37(36)40(51)48(32(27-49)26-30-18-14-12-15-19-30)39(45)41(52)47(25-10-2)44(6,7)29-43(3,4)5/h9-10,12-21,32-34,36-39,49H,1-2,11,22-29H2,3-8H3,(H,46,50)/t32-,33-,34-,36+,37+,38-,39-,45+/m1/s1. The number of hydrogen-bond donors (Lipinski definition) is 2. The summed E-state index contributed by atoms with van der Waals surface area (Å²) in [6.07, 6.45) is 4.16. The molecule has 304 valence electrons. The van der Waals surface area contributed by atoms with Crippen LogP contribution in [0.15, 0.2) is 86.0 Å². The second kappa shape index (κ2) is 17.9. The van der Waals surface area contributed by atoms with E-state index in [0.717, 1.165) is 5.56 Å². The number of aliphatic hydroxyl groups excluding tert-OH is 1. The van der Waals surface area contributed by atoms with Gasteiger partial charge in [-0.2, -0.15) is 0 Å².